The molecule has 0 atom stereocenters. The molecule has 0 aromatic heterocycles. The quantitative estimate of drug-likeness (QED) is 0.353. The van der Waals surface area contributed by atoms with Gasteiger partial charge in [0.2, 0.25) is 0 Å². The molecule has 0 saturated carbocycles. The highest BCUT2D eigenvalue weighted by molar-refractivity contribution is 7.89. The topological polar surface area (TPSA) is 102 Å². The van der Waals surface area contributed by atoms with Gasteiger partial charge in [0.1, 0.15) is 10.6 Å². The predicted molar refractivity (Wildman–Crippen MR) is 110 cm³/mol. The van der Waals surface area contributed by atoms with Crippen LogP contribution in [0, 0.1) is 6.92 Å². The monoisotopic (exact) mass is 430 g/mol. The van der Waals surface area contributed by atoms with Gasteiger partial charge in [-0.05, 0) is 61.0 Å². The van der Waals surface area contributed by atoms with Crippen molar-refractivity contribution in [1.82, 2.24) is 4.83 Å². The summed E-state index contributed by atoms with van der Waals surface area (Å²) in [4.78, 5) is 2.29. The van der Waals surface area contributed by atoms with E-state index in [1.54, 1.807) is 42.5 Å². The summed E-state index contributed by atoms with van der Waals surface area (Å²) < 4.78 is 53.8. The molecular formula is C20H18N2O5S2. The molecule has 0 saturated heterocycles. The normalized spacial score (nSPS) is 12.0. The summed E-state index contributed by atoms with van der Waals surface area (Å²) in [7, 11) is -7.68. The van der Waals surface area contributed by atoms with Crippen LogP contribution < -0.4 is 9.01 Å². The molecule has 0 bridgehead atoms. The van der Waals surface area contributed by atoms with Gasteiger partial charge in [-0.25, -0.2) is 4.83 Å². The molecule has 150 valence electrons. The van der Waals surface area contributed by atoms with Gasteiger partial charge < -0.3 is 4.18 Å². The minimum atomic E-state index is -3.92. The van der Waals surface area contributed by atoms with Gasteiger partial charge in [-0.2, -0.15) is 21.9 Å². The Morgan fingerprint density at radius 3 is 2.03 bits per heavy atom. The van der Waals surface area contributed by atoms with Crippen molar-refractivity contribution in [2.24, 2.45) is 5.10 Å². The van der Waals surface area contributed by atoms with Crippen LogP contribution in [0.25, 0.3) is 0 Å². The largest absolute Gasteiger partial charge is 0.379 e. The highest BCUT2D eigenvalue weighted by Crippen LogP contribution is 2.18. The second kappa shape index (κ2) is 8.46. The van der Waals surface area contributed by atoms with Crippen LogP contribution in [0.3, 0.4) is 0 Å². The Labute approximate surface area is 169 Å². The third-order valence-electron chi connectivity index (χ3n) is 3.84. The predicted octanol–water partition coefficient (Wildman–Crippen LogP) is 3.08. The zero-order valence-electron chi connectivity index (χ0n) is 15.4. The van der Waals surface area contributed by atoms with Gasteiger partial charge in [0, 0.05) is 0 Å². The Morgan fingerprint density at radius 2 is 1.41 bits per heavy atom. The van der Waals surface area contributed by atoms with Crippen molar-refractivity contribution in [3.05, 3.63) is 90.0 Å². The molecule has 0 aliphatic carbocycles. The second-order valence-corrected chi connectivity index (χ2v) is 9.29. The maximum atomic E-state index is 12.2. The van der Waals surface area contributed by atoms with Crippen LogP contribution in [0.15, 0.2) is 93.8 Å². The van der Waals surface area contributed by atoms with E-state index in [-0.39, 0.29) is 15.5 Å². The zero-order chi connectivity index (χ0) is 20.9. The molecule has 1 N–H and O–H groups in total. The molecule has 0 heterocycles. The molecular weight excluding hydrogens is 412 g/mol. The standard InChI is InChI=1S/C20H18N2O5S2/c1-16-7-13-19(14-8-16)28(23,24)22-21-15-17-9-11-18(12-10-17)27-29(25,26)20-5-3-2-4-6-20/h2-15,22H,1H3/b21-15-. The highest BCUT2D eigenvalue weighted by Gasteiger charge is 2.16. The fraction of sp³-hybridized carbons (Fsp3) is 0.0500. The Morgan fingerprint density at radius 1 is 0.793 bits per heavy atom. The summed E-state index contributed by atoms with van der Waals surface area (Å²) >= 11 is 0. The summed E-state index contributed by atoms with van der Waals surface area (Å²) in [5.41, 5.74) is 1.50. The van der Waals surface area contributed by atoms with E-state index in [1.807, 2.05) is 6.92 Å². The van der Waals surface area contributed by atoms with E-state index in [4.69, 9.17) is 4.18 Å². The van der Waals surface area contributed by atoms with Crippen LogP contribution in [-0.2, 0) is 20.1 Å². The molecule has 29 heavy (non-hydrogen) atoms. The van der Waals surface area contributed by atoms with E-state index in [2.05, 4.69) is 9.93 Å². The van der Waals surface area contributed by atoms with Crippen molar-refractivity contribution < 1.29 is 21.0 Å². The van der Waals surface area contributed by atoms with Gasteiger partial charge in [0.05, 0.1) is 11.1 Å². The van der Waals surface area contributed by atoms with Crippen molar-refractivity contribution in [3.63, 3.8) is 0 Å². The molecule has 3 rings (SSSR count). The van der Waals surface area contributed by atoms with Crippen LogP contribution in [0.5, 0.6) is 5.75 Å². The van der Waals surface area contributed by atoms with Crippen molar-refractivity contribution in [1.29, 1.82) is 0 Å². The number of hydrazone groups is 1. The molecule has 3 aromatic carbocycles. The third kappa shape index (κ3) is 5.43. The molecule has 0 unspecified atom stereocenters. The minimum Gasteiger partial charge on any atom is -0.379 e. The Bertz CT molecular complexity index is 1200. The lowest BCUT2D eigenvalue weighted by molar-refractivity contribution is 0.486. The molecule has 3 aromatic rings. The first-order valence-corrected chi connectivity index (χ1v) is 11.4. The summed E-state index contributed by atoms with van der Waals surface area (Å²) in [6.45, 7) is 1.86. The summed E-state index contributed by atoms with van der Waals surface area (Å²) in [6.07, 6.45) is 1.31. The summed E-state index contributed by atoms with van der Waals surface area (Å²) in [5.74, 6) is 0.131. The number of hydrogen-bond donors (Lipinski definition) is 1. The first-order valence-electron chi connectivity index (χ1n) is 8.47. The molecule has 0 fully saturated rings. The lowest BCUT2D eigenvalue weighted by atomic mass is 10.2. The molecule has 0 aliphatic heterocycles. The van der Waals surface area contributed by atoms with Crippen molar-refractivity contribution in [3.8, 4) is 5.75 Å². The number of nitrogens with one attached hydrogen (secondary N) is 1. The second-order valence-electron chi connectivity index (χ2n) is 6.09. The SMILES string of the molecule is Cc1ccc(S(=O)(=O)N/N=C\c2ccc(OS(=O)(=O)c3ccccc3)cc2)cc1. The van der Waals surface area contributed by atoms with Crippen LogP contribution in [0.2, 0.25) is 0 Å². The van der Waals surface area contributed by atoms with E-state index in [0.29, 0.717) is 5.56 Å². The highest BCUT2D eigenvalue weighted by atomic mass is 32.2. The first kappa shape index (κ1) is 20.6. The third-order valence-corrected chi connectivity index (χ3v) is 6.34. The van der Waals surface area contributed by atoms with Crippen LogP contribution in [0.1, 0.15) is 11.1 Å². The number of rotatable bonds is 7. The Hall–Kier alpha value is -3.17. The number of benzene rings is 3. The van der Waals surface area contributed by atoms with Crippen LogP contribution in [0.4, 0.5) is 0 Å². The molecule has 0 radical (unpaired) electrons. The molecule has 0 amide bonds. The Kier molecular flexibility index (Phi) is 6.00. The van der Waals surface area contributed by atoms with Crippen molar-refractivity contribution >= 4 is 26.4 Å². The van der Waals surface area contributed by atoms with Gasteiger partial charge in [-0.3, -0.25) is 0 Å². The van der Waals surface area contributed by atoms with E-state index < -0.39 is 20.1 Å². The molecule has 7 nitrogen and oxygen atoms in total. The lowest BCUT2D eigenvalue weighted by Crippen LogP contribution is -2.18. The number of hydrogen-bond acceptors (Lipinski definition) is 6. The van der Waals surface area contributed by atoms with Gasteiger partial charge in [-0.15, -0.1) is 0 Å². The Balaban J connectivity index is 1.65. The van der Waals surface area contributed by atoms with E-state index >= 15 is 0 Å². The van der Waals surface area contributed by atoms with E-state index in [1.165, 1.54) is 42.6 Å². The van der Waals surface area contributed by atoms with E-state index in [9.17, 15) is 16.8 Å². The van der Waals surface area contributed by atoms with Gasteiger partial charge in [0.25, 0.3) is 10.0 Å². The average molecular weight is 431 g/mol. The smallest absolute Gasteiger partial charge is 0.339 e. The lowest BCUT2D eigenvalue weighted by Gasteiger charge is -2.07. The molecule has 0 aliphatic rings. The minimum absolute atomic E-state index is 0.0520. The van der Waals surface area contributed by atoms with Gasteiger partial charge in [0.15, 0.2) is 0 Å². The first-order chi connectivity index (χ1) is 13.8. The van der Waals surface area contributed by atoms with Gasteiger partial charge in [-0.1, -0.05) is 35.9 Å². The number of aryl methyl sites for hydroxylation is 1. The fourth-order valence-corrected chi connectivity index (χ4v) is 4.05. The number of nitrogens with zero attached hydrogens (tertiary/aromatic N) is 1. The van der Waals surface area contributed by atoms with E-state index in [0.717, 1.165) is 5.56 Å². The number of sulfonamides is 1. The average Bonchev–Trinajstić information content (AvgIpc) is 2.70. The summed E-state index contributed by atoms with van der Waals surface area (Å²) in [5, 5.41) is 3.74. The van der Waals surface area contributed by atoms with Crippen LogP contribution >= 0.6 is 0 Å². The summed E-state index contributed by atoms with van der Waals surface area (Å²) in [6, 6.07) is 20.2. The fourth-order valence-electron chi connectivity index (χ4n) is 2.31. The van der Waals surface area contributed by atoms with Gasteiger partial charge >= 0.3 is 10.1 Å². The maximum Gasteiger partial charge on any atom is 0.339 e. The molecule has 9 heteroatoms. The van der Waals surface area contributed by atoms with Crippen molar-refractivity contribution in [2.75, 3.05) is 0 Å². The van der Waals surface area contributed by atoms with Crippen LogP contribution in [-0.4, -0.2) is 23.1 Å². The molecule has 0 spiro atoms. The maximum absolute atomic E-state index is 12.2. The zero-order valence-corrected chi connectivity index (χ0v) is 17.0. The van der Waals surface area contributed by atoms with Crippen molar-refractivity contribution in [2.45, 2.75) is 16.7 Å².